The lowest BCUT2D eigenvalue weighted by Crippen LogP contribution is -2.30. The Morgan fingerprint density at radius 1 is 0.263 bits per heavy atom. The lowest BCUT2D eigenvalue weighted by molar-refractivity contribution is -0.167. The van der Waals surface area contributed by atoms with E-state index in [1.165, 1.54) is 257 Å². The molecule has 0 saturated carbocycles. The molecule has 0 fully saturated rings. The standard InChI is InChI=1S/C70H130O6/c1-4-7-10-13-16-19-21-23-25-27-29-31-33-34-35-36-38-39-41-43-45-47-49-51-54-57-60-63-69(72)75-66-67(65-74-68(71)62-59-56-53-18-15-12-9-6-3)76-70(73)64-61-58-55-52-50-48-46-44-42-40-37-32-30-28-26-24-22-20-17-14-11-8-5-2/h22,24,28,30,37,40,67H,4-21,23,25-27,29,31-36,38-39,41-66H2,1-3H3/b24-22-,30-28-,40-37-. The molecule has 0 radical (unpaired) electrons. The zero-order valence-electron chi connectivity index (χ0n) is 51.3. The average Bonchev–Trinajstić information content (AvgIpc) is 3.42. The number of carbonyl (C=O) groups excluding carboxylic acids is 3. The number of carbonyl (C=O) groups is 3. The van der Waals surface area contributed by atoms with Crippen molar-refractivity contribution in [1.29, 1.82) is 0 Å². The van der Waals surface area contributed by atoms with E-state index < -0.39 is 6.10 Å². The number of rotatable bonds is 63. The molecule has 0 bridgehead atoms. The highest BCUT2D eigenvalue weighted by atomic mass is 16.6. The Hall–Kier alpha value is -2.37. The highest BCUT2D eigenvalue weighted by molar-refractivity contribution is 5.71. The second-order valence-corrected chi connectivity index (χ2v) is 23.1. The first-order valence-electron chi connectivity index (χ1n) is 34.0. The predicted molar refractivity (Wildman–Crippen MR) is 330 cm³/mol. The van der Waals surface area contributed by atoms with Crippen LogP contribution in [-0.4, -0.2) is 37.2 Å². The van der Waals surface area contributed by atoms with Crippen molar-refractivity contribution in [2.75, 3.05) is 13.2 Å². The van der Waals surface area contributed by atoms with E-state index in [0.29, 0.717) is 19.3 Å². The van der Waals surface area contributed by atoms with Gasteiger partial charge in [0.05, 0.1) is 0 Å². The lowest BCUT2D eigenvalue weighted by Gasteiger charge is -2.18. The van der Waals surface area contributed by atoms with Gasteiger partial charge in [-0.2, -0.15) is 0 Å². The van der Waals surface area contributed by atoms with Crippen LogP contribution in [0.1, 0.15) is 374 Å². The molecule has 0 aliphatic carbocycles. The van der Waals surface area contributed by atoms with Crippen LogP contribution >= 0.6 is 0 Å². The highest BCUT2D eigenvalue weighted by Crippen LogP contribution is 2.18. The minimum atomic E-state index is -0.772. The number of allylic oxidation sites excluding steroid dienone is 6. The van der Waals surface area contributed by atoms with Gasteiger partial charge in [0.2, 0.25) is 0 Å². The number of hydrogen-bond acceptors (Lipinski definition) is 6. The van der Waals surface area contributed by atoms with Crippen LogP contribution in [0.3, 0.4) is 0 Å². The maximum absolute atomic E-state index is 12.9. The average molecular weight is 1070 g/mol. The molecule has 6 nitrogen and oxygen atoms in total. The van der Waals surface area contributed by atoms with Gasteiger partial charge < -0.3 is 14.2 Å². The molecule has 0 aromatic heterocycles. The van der Waals surface area contributed by atoms with E-state index in [9.17, 15) is 14.4 Å². The van der Waals surface area contributed by atoms with Crippen molar-refractivity contribution in [3.63, 3.8) is 0 Å². The smallest absolute Gasteiger partial charge is 0.306 e. The number of ether oxygens (including phenoxy) is 3. The van der Waals surface area contributed by atoms with Gasteiger partial charge in [-0.3, -0.25) is 14.4 Å². The largest absolute Gasteiger partial charge is 0.462 e. The van der Waals surface area contributed by atoms with Crippen molar-refractivity contribution in [3.8, 4) is 0 Å². The number of unbranched alkanes of at least 4 members (excludes halogenated alkanes) is 46. The fraction of sp³-hybridized carbons (Fsp3) is 0.871. The SMILES string of the molecule is CCCCCCC/C=C\C/C=C\C/C=C\CCCCCCCCCCC(=O)OC(COC(=O)CCCCCCCCCC)COC(=O)CCCCCCCCCCCCCCCCCCCCCCCCCCCCC. The summed E-state index contributed by atoms with van der Waals surface area (Å²) < 4.78 is 16.9. The second-order valence-electron chi connectivity index (χ2n) is 23.1. The maximum atomic E-state index is 12.9. The summed E-state index contributed by atoms with van der Waals surface area (Å²) in [5, 5.41) is 0. The third-order valence-corrected chi connectivity index (χ3v) is 15.4. The summed E-state index contributed by atoms with van der Waals surface area (Å²) in [6, 6.07) is 0. The van der Waals surface area contributed by atoms with Gasteiger partial charge in [-0.1, -0.05) is 333 Å². The van der Waals surface area contributed by atoms with Gasteiger partial charge in [0.1, 0.15) is 13.2 Å². The summed E-state index contributed by atoms with van der Waals surface area (Å²) >= 11 is 0. The molecule has 76 heavy (non-hydrogen) atoms. The predicted octanol–water partition coefficient (Wildman–Crippen LogP) is 23.2. The van der Waals surface area contributed by atoms with Gasteiger partial charge in [0.25, 0.3) is 0 Å². The zero-order chi connectivity index (χ0) is 55.0. The first-order valence-corrected chi connectivity index (χ1v) is 34.0. The van der Waals surface area contributed by atoms with Crippen LogP contribution in [-0.2, 0) is 28.6 Å². The fourth-order valence-corrected chi connectivity index (χ4v) is 10.3. The van der Waals surface area contributed by atoms with E-state index in [1.807, 2.05) is 0 Å². The van der Waals surface area contributed by atoms with E-state index >= 15 is 0 Å². The van der Waals surface area contributed by atoms with E-state index in [4.69, 9.17) is 14.2 Å². The molecular weight excluding hydrogens is 937 g/mol. The molecule has 0 aromatic carbocycles. The third kappa shape index (κ3) is 62.5. The topological polar surface area (TPSA) is 78.9 Å². The van der Waals surface area contributed by atoms with Crippen LogP contribution in [0.25, 0.3) is 0 Å². The maximum Gasteiger partial charge on any atom is 0.306 e. The molecule has 0 spiro atoms. The van der Waals surface area contributed by atoms with E-state index in [0.717, 1.165) is 77.0 Å². The fourth-order valence-electron chi connectivity index (χ4n) is 10.3. The molecule has 446 valence electrons. The monoisotopic (exact) mass is 1070 g/mol. The highest BCUT2D eigenvalue weighted by Gasteiger charge is 2.19. The Morgan fingerprint density at radius 3 is 0.737 bits per heavy atom. The number of esters is 3. The van der Waals surface area contributed by atoms with Crippen LogP contribution in [0.2, 0.25) is 0 Å². The molecule has 1 unspecified atom stereocenters. The van der Waals surface area contributed by atoms with Gasteiger partial charge in [0.15, 0.2) is 6.10 Å². The van der Waals surface area contributed by atoms with Crippen molar-refractivity contribution >= 4 is 17.9 Å². The van der Waals surface area contributed by atoms with Crippen LogP contribution in [0.15, 0.2) is 36.5 Å². The Bertz CT molecular complexity index is 1270. The zero-order valence-corrected chi connectivity index (χ0v) is 51.3. The quantitative estimate of drug-likeness (QED) is 0.0261. The molecule has 1 atom stereocenters. The molecule has 6 heteroatoms. The Morgan fingerprint density at radius 2 is 0.474 bits per heavy atom. The third-order valence-electron chi connectivity index (χ3n) is 15.4. The molecule has 0 rings (SSSR count). The van der Waals surface area contributed by atoms with Gasteiger partial charge in [-0.05, 0) is 57.8 Å². The summed E-state index contributed by atoms with van der Waals surface area (Å²) in [5.74, 6) is -0.858. The molecule has 0 N–H and O–H groups in total. The molecule has 0 saturated heterocycles. The van der Waals surface area contributed by atoms with Crippen LogP contribution < -0.4 is 0 Å². The normalized spacial score (nSPS) is 12.2. The molecule has 0 heterocycles. The molecule has 0 aliphatic heterocycles. The van der Waals surface area contributed by atoms with Gasteiger partial charge in [-0.25, -0.2) is 0 Å². The summed E-state index contributed by atoms with van der Waals surface area (Å²) in [6.45, 7) is 6.66. The Balaban J connectivity index is 4.10. The van der Waals surface area contributed by atoms with Crippen molar-refractivity contribution < 1.29 is 28.6 Å². The van der Waals surface area contributed by atoms with Gasteiger partial charge in [-0.15, -0.1) is 0 Å². The lowest BCUT2D eigenvalue weighted by atomic mass is 10.0. The summed E-state index contributed by atoms with van der Waals surface area (Å²) in [5.41, 5.74) is 0. The summed E-state index contributed by atoms with van der Waals surface area (Å²) in [7, 11) is 0. The van der Waals surface area contributed by atoms with E-state index in [-0.39, 0.29) is 31.1 Å². The minimum absolute atomic E-state index is 0.0703. The minimum Gasteiger partial charge on any atom is -0.462 e. The van der Waals surface area contributed by atoms with Crippen LogP contribution in [0, 0.1) is 0 Å². The van der Waals surface area contributed by atoms with Crippen molar-refractivity contribution in [2.24, 2.45) is 0 Å². The van der Waals surface area contributed by atoms with Crippen LogP contribution in [0.4, 0.5) is 0 Å². The molecule has 0 aliphatic rings. The number of hydrogen-bond donors (Lipinski definition) is 0. The summed E-state index contributed by atoms with van der Waals surface area (Å²) in [4.78, 5) is 38.2. The molecular formula is C70H130O6. The van der Waals surface area contributed by atoms with E-state index in [1.54, 1.807) is 0 Å². The van der Waals surface area contributed by atoms with Crippen molar-refractivity contribution in [2.45, 2.75) is 380 Å². The van der Waals surface area contributed by atoms with Crippen molar-refractivity contribution in [3.05, 3.63) is 36.5 Å². The molecule has 0 aromatic rings. The summed E-state index contributed by atoms with van der Waals surface area (Å²) in [6.07, 6.45) is 80.5. The Kier molecular flexibility index (Phi) is 63.1. The van der Waals surface area contributed by atoms with E-state index in [2.05, 4.69) is 57.2 Å². The first kappa shape index (κ1) is 73.6. The molecule has 0 amide bonds. The van der Waals surface area contributed by atoms with Crippen LogP contribution in [0.5, 0.6) is 0 Å². The van der Waals surface area contributed by atoms with Gasteiger partial charge in [0, 0.05) is 19.3 Å². The first-order chi connectivity index (χ1) is 37.5. The van der Waals surface area contributed by atoms with Crippen molar-refractivity contribution in [1.82, 2.24) is 0 Å². The van der Waals surface area contributed by atoms with Gasteiger partial charge >= 0.3 is 17.9 Å². The second kappa shape index (κ2) is 65.2. The Labute approximate surface area is 474 Å².